The zero-order valence-electron chi connectivity index (χ0n) is 14.9. The number of nitrogens with one attached hydrogen (secondary N) is 2. The first-order valence-corrected chi connectivity index (χ1v) is 8.85. The fourth-order valence-electron chi connectivity index (χ4n) is 2.20. The van der Waals surface area contributed by atoms with Gasteiger partial charge in [-0.3, -0.25) is 4.79 Å². The van der Waals surface area contributed by atoms with Gasteiger partial charge in [0.15, 0.2) is 0 Å². The van der Waals surface area contributed by atoms with Crippen molar-refractivity contribution in [2.24, 2.45) is 5.92 Å². The molecule has 0 saturated carbocycles. The van der Waals surface area contributed by atoms with Gasteiger partial charge >= 0.3 is 0 Å². The van der Waals surface area contributed by atoms with Crippen LogP contribution in [0.2, 0.25) is 0 Å². The average molecular weight is 320 g/mol. The van der Waals surface area contributed by atoms with E-state index in [1.807, 2.05) is 24.3 Å². The molecule has 0 radical (unpaired) electrons. The maximum atomic E-state index is 12.0. The predicted molar refractivity (Wildman–Crippen MR) is 97.0 cm³/mol. The molecule has 1 aromatic carbocycles. The van der Waals surface area contributed by atoms with E-state index in [-0.39, 0.29) is 5.91 Å². The van der Waals surface area contributed by atoms with Crippen molar-refractivity contribution >= 4 is 11.6 Å². The zero-order valence-corrected chi connectivity index (χ0v) is 14.9. The first-order chi connectivity index (χ1) is 11.1. The molecule has 4 heteroatoms. The SMILES string of the molecule is CCCCCCCNCC(=O)Nc1ccccc1OCC(C)C. The van der Waals surface area contributed by atoms with Crippen LogP contribution >= 0.6 is 0 Å². The summed E-state index contributed by atoms with van der Waals surface area (Å²) in [6.07, 6.45) is 6.20. The molecule has 0 aliphatic heterocycles. The molecule has 4 nitrogen and oxygen atoms in total. The molecule has 0 aliphatic rings. The van der Waals surface area contributed by atoms with Crippen molar-refractivity contribution in [2.75, 3.05) is 25.0 Å². The third kappa shape index (κ3) is 9.24. The lowest BCUT2D eigenvalue weighted by Crippen LogP contribution is -2.29. The van der Waals surface area contributed by atoms with Gasteiger partial charge in [-0.05, 0) is 31.0 Å². The number of para-hydroxylation sites is 2. The van der Waals surface area contributed by atoms with Crippen LogP contribution in [0.4, 0.5) is 5.69 Å². The summed E-state index contributed by atoms with van der Waals surface area (Å²) < 4.78 is 5.74. The quantitative estimate of drug-likeness (QED) is 0.567. The minimum Gasteiger partial charge on any atom is -0.491 e. The Morgan fingerprint density at radius 1 is 1.13 bits per heavy atom. The normalized spacial score (nSPS) is 10.8. The second-order valence-corrected chi connectivity index (χ2v) is 6.34. The van der Waals surface area contributed by atoms with E-state index in [1.54, 1.807) is 0 Å². The topological polar surface area (TPSA) is 50.4 Å². The van der Waals surface area contributed by atoms with E-state index in [2.05, 4.69) is 31.4 Å². The minimum absolute atomic E-state index is 0.0286. The Hall–Kier alpha value is -1.55. The van der Waals surface area contributed by atoms with Gasteiger partial charge in [0, 0.05) is 0 Å². The lowest BCUT2D eigenvalue weighted by molar-refractivity contribution is -0.115. The van der Waals surface area contributed by atoms with Crippen molar-refractivity contribution in [3.63, 3.8) is 0 Å². The van der Waals surface area contributed by atoms with E-state index in [9.17, 15) is 4.79 Å². The van der Waals surface area contributed by atoms with Crippen LogP contribution in [0, 0.1) is 5.92 Å². The lowest BCUT2D eigenvalue weighted by atomic mass is 10.1. The highest BCUT2D eigenvalue weighted by Gasteiger charge is 2.07. The minimum atomic E-state index is -0.0286. The highest BCUT2D eigenvalue weighted by atomic mass is 16.5. The monoisotopic (exact) mass is 320 g/mol. The van der Waals surface area contributed by atoms with Crippen molar-refractivity contribution in [2.45, 2.75) is 52.9 Å². The molecule has 1 aromatic rings. The Bertz CT molecular complexity index is 447. The van der Waals surface area contributed by atoms with Gasteiger partial charge in [0.05, 0.1) is 18.8 Å². The second kappa shape index (κ2) is 11.9. The van der Waals surface area contributed by atoms with Crippen molar-refractivity contribution in [1.29, 1.82) is 0 Å². The Balaban J connectivity index is 2.28. The molecule has 0 saturated heterocycles. The number of carbonyl (C=O) groups is 1. The Morgan fingerprint density at radius 2 is 1.87 bits per heavy atom. The van der Waals surface area contributed by atoms with Gasteiger partial charge in [0.25, 0.3) is 0 Å². The van der Waals surface area contributed by atoms with Gasteiger partial charge in [-0.2, -0.15) is 0 Å². The summed E-state index contributed by atoms with van der Waals surface area (Å²) in [6.45, 7) is 8.29. The molecule has 0 spiro atoms. The molecule has 0 aromatic heterocycles. The summed E-state index contributed by atoms with van der Waals surface area (Å²) in [5, 5.41) is 6.12. The van der Waals surface area contributed by atoms with Crippen LogP contribution in [-0.2, 0) is 4.79 Å². The number of rotatable bonds is 12. The van der Waals surface area contributed by atoms with Crippen LogP contribution in [0.5, 0.6) is 5.75 Å². The number of hydrogen-bond acceptors (Lipinski definition) is 3. The van der Waals surface area contributed by atoms with E-state index < -0.39 is 0 Å². The summed E-state index contributed by atoms with van der Waals surface area (Å²) in [5.41, 5.74) is 0.739. The molecule has 0 fully saturated rings. The smallest absolute Gasteiger partial charge is 0.238 e. The van der Waals surface area contributed by atoms with Gasteiger partial charge in [-0.1, -0.05) is 58.6 Å². The molecule has 2 N–H and O–H groups in total. The molecule has 0 aliphatic carbocycles. The first kappa shape index (κ1) is 19.5. The highest BCUT2D eigenvalue weighted by Crippen LogP contribution is 2.24. The van der Waals surface area contributed by atoms with E-state index >= 15 is 0 Å². The van der Waals surface area contributed by atoms with Crippen LogP contribution in [0.3, 0.4) is 0 Å². The van der Waals surface area contributed by atoms with Crippen molar-refractivity contribution in [1.82, 2.24) is 5.32 Å². The van der Waals surface area contributed by atoms with Crippen LogP contribution in [0.15, 0.2) is 24.3 Å². The molecule has 1 rings (SSSR count). The summed E-state index contributed by atoms with van der Waals surface area (Å²) in [6, 6.07) is 7.58. The third-order valence-corrected chi connectivity index (χ3v) is 3.48. The third-order valence-electron chi connectivity index (χ3n) is 3.48. The largest absolute Gasteiger partial charge is 0.491 e. The van der Waals surface area contributed by atoms with Gasteiger partial charge in [-0.25, -0.2) is 0 Å². The van der Waals surface area contributed by atoms with Crippen LogP contribution < -0.4 is 15.4 Å². The molecule has 0 atom stereocenters. The van der Waals surface area contributed by atoms with E-state index in [4.69, 9.17) is 4.74 Å². The number of amides is 1. The molecule has 0 heterocycles. The fraction of sp³-hybridized carbons (Fsp3) is 0.632. The Morgan fingerprint density at radius 3 is 2.61 bits per heavy atom. The van der Waals surface area contributed by atoms with Crippen LogP contribution in [0.25, 0.3) is 0 Å². The van der Waals surface area contributed by atoms with Crippen molar-refractivity contribution in [3.05, 3.63) is 24.3 Å². The second-order valence-electron chi connectivity index (χ2n) is 6.34. The van der Waals surface area contributed by atoms with Gasteiger partial charge < -0.3 is 15.4 Å². The number of unbranched alkanes of at least 4 members (excludes halogenated alkanes) is 4. The molecule has 130 valence electrons. The van der Waals surface area contributed by atoms with E-state index in [0.717, 1.165) is 24.4 Å². The number of carbonyl (C=O) groups excluding carboxylic acids is 1. The number of anilines is 1. The Labute approximate surface area is 141 Å². The zero-order chi connectivity index (χ0) is 16.9. The fourth-order valence-corrected chi connectivity index (χ4v) is 2.20. The molecule has 1 amide bonds. The van der Waals surface area contributed by atoms with Crippen LogP contribution in [-0.4, -0.2) is 25.6 Å². The number of ether oxygens (including phenoxy) is 1. The molecule has 0 bridgehead atoms. The lowest BCUT2D eigenvalue weighted by Gasteiger charge is -2.14. The van der Waals surface area contributed by atoms with Gasteiger partial charge in [0.2, 0.25) is 5.91 Å². The maximum Gasteiger partial charge on any atom is 0.238 e. The van der Waals surface area contributed by atoms with Crippen LogP contribution in [0.1, 0.15) is 52.9 Å². The van der Waals surface area contributed by atoms with Crippen molar-refractivity contribution < 1.29 is 9.53 Å². The predicted octanol–water partition coefficient (Wildman–Crippen LogP) is 4.22. The standard InChI is InChI=1S/C19H32N2O2/c1-4-5-6-7-10-13-20-14-19(22)21-17-11-8-9-12-18(17)23-15-16(2)3/h8-9,11-12,16,20H,4-7,10,13-15H2,1-3H3,(H,21,22). The summed E-state index contributed by atoms with van der Waals surface area (Å²) in [5.74, 6) is 1.15. The molecule has 23 heavy (non-hydrogen) atoms. The average Bonchev–Trinajstić information content (AvgIpc) is 2.53. The first-order valence-electron chi connectivity index (χ1n) is 8.85. The van der Waals surface area contributed by atoms with Gasteiger partial charge in [0.1, 0.15) is 5.75 Å². The molecular weight excluding hydrogens is 288 g/mol. The van der Waals surface area contributed by atoms with E-state index in [0.29, 0.717) is 19.1 Å². The highest BCUT2D eigenvalue weighted by molar-refractivity contribution is 5.93. The van der Waals surface area contributed by atoms with Crippen molar-refractivity contribution in [3.8, 4) is 5.75 Å². The summed E-state index contributed by atoms with van der Waals surface area (Å²) in [7, 11) is 0. The summed E-state index contributed by atoms with van der Waals surface area (Å²) >= 11 is 0. The molecule has 0 unspecified atom stereocenters. The van der Waals surface area contributed by atoms with E-state index in [1.165, 1.54) is 25.7 Å². The number of benzene rings is 1. The van der Waals surface area contributed by atoms with Gasteiger partial charge in [-0.15, -0.1) is 0 Å². The number of hydrogen-bond donors (Lipinski definition) is 2. The molecular formula is C19H32N2O2. The Kier molecular flexibility index (Phi) is 10.1. The maximum absolute atomic E-state index is 12.0. The summed E-state index contributed by atoms with van der Waals surface area (Å²) in [4.78, 5) is 12.0.